The van der Waals surface area contributed by atoms with E-state index in [0.717, 1.165) is 36.9 Å². The molecule has 1 fully saturated rings. The van der Waals surface area contributed by atoms with Crippen LogP contribution in [0.3, 0.4) is 0 Å². The van der Waals surface area contributed by atoms with Crippen LogP contribution in [0.5, 0.6) is 0 Å². The molecule has 0 aromatic heterocycles. The van der Waals surface area contributed by atoms with Gasteiger partial charge in [0, 0.05) is 25.6 Å². The first-order valence-corrected chi connectivity index (χ1v) is 9.48. The minimum absolute atomic E-state index is 0.00180. The first-order chi connectivity index (χ1) is 10.4. The average Bonchev–Trinajstić information content (AvgIpc) is 3.30. The third-order valence-electron chi connectivity index (χ3n) is 4.41. The molecule has 0 N–H and O–H groups in total. The van der Waals surface area contributed by atoms with Crippen LogP contribution in [0.1, 0.15) is 24.8 Å². The van der Waals surface area contributed by atoms with E-state index in [1.807, 2.05) is 0 Å². The number of amides is 1. The van der Waals surface area contributed by atoms with E-state index in [4.69, 9.17) is 4.74 Å². The second-order valence-electron chi connectivity index (χ2n) is 6.15. The van der Waals surface area contributed by atoms with E-state index < -0.39 is 9.84 Å². The maximum Gasteiger partial charge on any atom is 0.256 e. The number of carbonyl (C=O) groups is 1. The highest BCUT2D eigenvalue weighted by atomic mass is 32.2. The zero-order valence-corrected chi connectivity index (χ0v) is 13.7. The molecule has 1 aromatic carbocycles. The molecule has 0 bridgehead atoms. The van der Waals surface area contributed by atoms with Crippen molar-refractivity contribution >= 4 is 21.4 Å². The molecule has 0 radical (unpaired) electrons. The molecular formula is C16H21NO4S. The van der Waals surface area contributed by atoms with Crippen molar-refractivity contribution in [3.63, 3.8) is 0 Å². The SMILES string of the molecule is COC(C(=O)N1CCCc2cc(S(C)(=O)=O)ccc21)C1CC1. The van der Waals surface area contributed by atoms with Crippen LogP contribution in [-0.2, 0) is 25.8 Å². The number of hydrogen-bond donors (Lipinski definition) is 0. The molecule has 1 unspecified atom stereocenters. The lowest BCUT2D eigenvalue weighted by atomic mass is 10.0. The van der Waals surface area contributed by atoms with Gasteiger partial charge in [-0.1, -0.05) is 0 Å². The van der Waals surface area contributed by atoms with Crippen molar-refractivity contribution in [2.75, 3.05) is 24.8 Å². The molecule has 1 amide bonds. The highest BCUT2D eigenvalue weighted by Gasteiger charge is 2.39. The zero-order valence-electron chi connectivity index (χ0n) is 12.9. The first-order valence-electron chi connectivity index (χ1n) is 7.59. The third kappa shape index (κ3) is 2.90. The summed E-state index contributed by atoms with van der Waals surface area (Å²) in [6.45, 7) is 0.663. The summed E-state index contributed by atoms with van der Waals surface area (Å²) in [6, 6.07) is 5.03. The Hall–Kier alpha value is -1.40. The summed E-state index contributed by atoms with van der Waals surface area (Å²) in [7, 11) is -1.64. The summed E-state index contributed by atoms with van der Waals surface area (Å²) in [5.41, 5.74) is 1.75. The van der Waals surface area contributed by atoms with Gasteiger partial charge in [0.25, 0.3) is 5.91 Å². The molecule has 1 heterocycles. The number of nitrogens with zero attached hydrogens (tertiary/aromatic N) is 1. The predicted molar refractivity (Wildman–Crippen MR) is 83.7 cm³/mol. The average molecular weight is 323 g/mol. The summed E-state index contributed by atoms with van der Waals surface area (Å²) in [5, 5.41) is 0. The van der Waals surface area contributed by atoms with Gasteiger partial charge in [0.2, 0.25) is 0 Å². The summed E-state index contributed by atoms with van der Waals surface area (Å²) in [5.74, 6) is 0.330. The Kier molecular flexibility index (Phi) is 3.99. The maximum absolute atomic E-state index is 12.7. The standard InChI is InChI=1S/C16H21NO4S/c1-21-15(11-5-6-11)16(18)17-9-3-4-12-10-13(22(2,19)20)7-8-14(12)17/h7-8,10-11,15H,3-6,9H2,1-2H3. The number of sulfone groups is 1. The number of methoxy groups -OCH3 is 1. The van der Waals surface area contributed by atoms with E-state index in [2.05, 4.69) is 0 Å². The Bertz CT molecular complexity index is 694. The van der Waals surface area contributed by atoms with E-state index >= 15 is 0 Å². The molecule has 6 heteroatoms. The highest BCUT2D eigenvalue weighted by Crippen LogP contribution is 2.37. The Balaban J connectivity index is 1.92. The molecule has 22 heavy (non-hydrogen) atoms. The lowest BCUT2D eigenvalue weighted by molar-refractivity contribution is -0.129. The number of anilines is 1. The lowest BCUT2D eigenvalue weighted by Gasteiger charge is -2.32. The molecule has 1 aliphatic heterocycles. The van der Waals surface area contributed by atoms with E-state index in [1.54, 1.807) is 30.2 Å². The molecule has 5 nitrogen and oxygen atoms in total. The molecule has 1 aliphatic carbocycles. The molecule has 0 spiro atoms. The van der Waals surface area contributed by atoms with Crippen molar-refractivity contribution in [3.05, 3.63) is 23.8 Å². The molecular weight excluding hydrogens is 302 g/mol. The quantitative estimate of drug-likeness (QED) is 0.847. The smallest absolute Gasteiger partial charge is 0.256 e. The molecule has 1 atom stereocenters. The Morgan fingerprint density at radius 2 is 2.09 bits per heavy atom. The molecule has 120 valence electrons. The van der Waals surface area contributed by atoms with Crippen LogP contribution in [0.25, 0.3) is 0 Å². The fourth-order valence-electron chi connectivity index (χ4n) is 3.08. The van der Waals surface area contributed by atoms with E-state index in [0.29, 0.717) is 17.4 Å². The van der Waals surface area contributed by atoms with E-state index in [-0.39, 0.29) is 12.0 Å². The van der Waals surface area contributed by atoms with Crippen LogP contribution in [0, 0.1) is 5.92 Å². The molecule has 1 aromatic rings. The molecule has 1 saturated carbocycles. The third-order valence-corrected chi connectivity index (χ3v) is 5.52. The van der Waals surface area contributed by atoms with Crippen LogP contribution in [0.15, 0.2) is 23.1 Å². The van der Waals surface area contributed by atoms with Gasteiger partial charge in [-0.15, -0.1) is 0 Å². The monoisotopic (exact) mass is 323 g/mol. The summed E-state index contributed by atoms with van der Waals surface area (Å²) in [4.78, 5) is 14.8. The number of ether oxygens (including phenoxy) is 1. The number of carbonyl (C=O) groups excluding carboxylic acids is 1. The predicted octanol–water partition coefficient (Wildman–Crippen LogP) is 1.79. The second-order valence-corrected chi connectivity index (χ2v) is 8.17. The van der Waals surface area contributed by atoms with Crippen LogP contribution < -0.4 is 4.90 Å². The molecule has 3 rings (SSSR count). The van der Waals surface area contributed by atoms with Crippen molar-refractivity contribution in [1.29, 1.82) is 0 Å². The molecule has 2 aliphatic rings. The maximum atomic E-state index is 12.7. The Morgan fingerprint density at radius 1 is 1.36 bits per heavy atom. The van der Waals surface area contributed by atoms with Crippen LogP contribution in [-0.4, -0.2) is 40.3 Å². The second kappa shape index (κ2) is 5.66. The van der Waals surface area contributed by atoms with Gasteiger partial charge >= 0.3 is 0 Å². The number of fused-ring (bicyclic) bond motifs is 1. The molecule has 0 saturated heterocycles. The number of aryl methyl sites for hydroxylation is 1. The summed E-state index contributed by atoms with van der Waals surface area (Å²) < 4.78 is 28.8. The highest BCUT2D eigenvalue weighted by molar-refractivity contribution is 7.90. The van der Waals surface area contributed by atoms with Gasteiger partial charge in [0.05, 0.1) is 4.90 Å². The first kappa shape index (κ1) is 15.5. The minimum atomic E-state index is -3.23. The zero-order chi connectivity index (χ0) is 15.9. The van der Waals surface area contributed by atoms with Gasteiger partial charge in [-0.25, -0.2) is 8.42 Å². The van der Waals surface area contributed by atoms with Gasteiger partial charge in [0.15, 0.2) is 9.84 Å². The number of rotatable bonds is 4. The van der Waals surface area contributed by atoms with Gasteiger partial charge < -0.3 is 9.64 Å². The summed E-state index contributed by atoms with van der Waals surface area (Å²) >= 11 is 0. The number of benzene rings is 1. The van der Waals surface area contributed by atoms with Crippen LogP contribution in [0.2, 0.25) is 0 Å². The van der Waals surface area contributed by atoms with Crippen molar-refractivity contribution in [2.45, 2.75) is 36.7 Å². The van der Waals surface area contributed by atoms with Crippen molar-refractivity contribution in [3.8, 4) is 0 Å². The van der Waals surface area contributed by atoms with Gasteiger partial charge in [-0.05, 0) is 55.4 Å². The fraction of sp³-hybridized carbons (Fsp3) is 0.562. The van der Waals surface area contributed by atoms with Crippen molar-refractivity contribution in [2.24, 2.45) is 5.92 Å². The van der Waals surface area contributed by atoms with Crippen LogP contribution in [0.4, 0.5) is 5.69 Å². The Morgan fingerprint density at radius 3 is 2.68 bits per heavy atom. The minimum Gasteiger partial charge on any atom is -0.371 e. The Labute approximate surface area is 131 Å². The topological polar surface area (TPSA) is 63.7 Å². The lowest BCUT2D eigenvalue weighted by Crippen LogP contribution is -2.43. The van der Waals surface area contributed by atoms with E-state index in [9.17, 15) is 13.2 Å². The van der Waals surface area contributed by atoms with Gasteiger partial charge in [0.1, 0.15) is 6.10 Å². The van der Waals surface area contributed by atoms with Gasteiger partial charge in [-0.2, -0.15) is 0 Å². The van der Waals surface area contributed by atoms with Crippen molar-refractivity contribution in [1.82, 2.24) is 0 Å². The van der Waals surface area contributed by atoms with Gasteiger partial charge in [-0.3, -0.25) is 4.79 Å². The largest absolute Gasteiger partial charge is 0.371 e. The fourth-order valence-corrected chi connectivity index (χ4v) is 3.75. The summed E-state index contributed by atoms with van der Waals surface area (Å²) in [6.07, 6.45) is 4.54. The normalized spacial score (nSPS) is 19.6. The van der Waals surface area contributed by atoms with Crippen molar-refractivity contribution < 1.29 is 17.9 Å². The number of hydrogen-bond acceptors (Lipinski definition) is 4. The van der Waals surface area contributed by atoms with Crippen LogP contribution >= 0.6 is 0 Å². The van der Waals surface area contributed by atoms with E-state index in [1.165, 1.54) is 6.26 Å².